The van der Waals surface area contributed by atoms with Gasteiger partial charge in [0.15, 0.2) is 0 Å². The molecule has 0 atom stereocenters. The Labute approximate surface area is 246 Å². The van der Waals surface area contributed by atoms with Crippen LogP contribution in [0.15, 0.2) is 54.6 Å². The van der Waals surface area contributed by atoms with Crippen molar-refractivity contribution in [3.8, 4) is 0 Å². The van der Waals surface area contributed by atoms with Gasteiger partial charge in [0, 0.05) is 23.3 Å². The molecule has 1 fully saturated rings. The van der Waals surface area contributed by atoms with Crippen LogP contribution in [0.1, 0.15) is 54.2 Å². The van der Waals surface area contributed by atoms with E-state index in [-0.39, 0.29) is 47.5 Å². The van der Waals surface area contributed by atoms with E-state index in [4.69, 9.17) is 39.5 Å². The molecular formula is C27H32BrCl3MgO2. The standard InChI is InChI=1S/C15H14Cl2O.C7H6Cl.C4H8O.CH4.BrH.Mg/c1-9-7-11(16)3-5-13(9)15(18)14-6-4-12(17)8-10(14)2;1-6-3-2-4-7(8)5-6;1-2-4-5-3-1;;;/h3-8,15,18H,1-2H3;2,4-5H,1H3;1-4H2;1H4;1H;/q;-1;;;;+2/p-1. The van der Waals surface area contributed by atoms with Crippen molar-refractivity contribution in [3.05, 3.63) is 104 Å². The molecule has 0 unspecified atom stereocenters. The second-order valence-corrected chi connectivity index (χ2v) is 8.72. The monoisotopic (exact) mass is 596 g/mol. The number of halogens is 4. The predicted molar refractivity (Wildman–Crippen MR) is 144 cm³/mol. The summed E-state index contributed by atoms with van der Waals surface area (Å²) in [6, 6.07) is 19.5. The van der Waals surface area contributed by atoms with Crippen LogP contribution < -0.4 is 17.0 Å². The van der Waals surface area contributed by atoms with Gasteiger partial charge >= 0.3 is 23.1 Å². The average Bonchev–Trinajstić information content (AvgIpc) is 3.28. The molecule has 34 heavy (non-hydrogen) atoms. The van der Waals surface area contributed by atoms with Crippen LogP contribution in [-0.2, 0) is 4.74 Å². The molecule has 2 nitrogen and oxygen atoms in total. The topological polar surface area (TPSA) is 29.5 Å². The SMILES string of the molecule is C.C1CCOC1.Cc1[c-]ccc(Cl)c1.Cc1cc(Cl)ccc1C(O)c1ccc(Cl)cc1C.[Br-].[Mg+2]. The van der Waals surface area contributed by atoms with Crippen LogP contribution in [0.2, 0.25) is 15.1 Å². The van der Waals surface area contributed by atoms with E-state index in [2.05, 4.69) is 6.07 Å². The zero-order valence-corrected chi connectivity index (χ0v) is 24.4. The Hall–Kier alpha value is -0.304. The van der Waals surface area contributed by atoms with E-state index in [0.29, 0.717) is 10.0 Å². The number of aliphatic hydroxyl groups is 1. The fraction of sp³-hybridized carbons (Fsp3) is 0.333. The zero-order chi connectivity index (χ0) is 22.8. The normalized spacial score (nSPS) is 11.5. The van der Waals surface area contributed by atoms with Crippen LogP contribution in [-0.4, -0.2) is 41.4 Å². The minimum atomic E-state index is -0.653. The molecule has 3 aromatic rings. The smallest absolute Gasteiger partial charge is 1.00 e. The summed E-state index contributed by atoms with van der Waals surface area (Å²) >= 11 is 17.5. The largest absolute Gasteiger partial charge is 2.00 e. The molecule has 0 aliphatic carbocycles. The van der Waals surface area contributed by atoms with E-state index in [1.165, 1.54) is 12.8 Å². The van der Waals surface area contributed by atoms with Gasteiger partial charge in [-0.25, -0.2) is 0 Å². The molecule has 1 aliphatic rings. The maximum absolute atomic E-state index is 10.4. The molecule has 182 valence electrons. The van der Waals surface area contributed by atoms with Crippen molar-refractivity contribution < 1.29 is 26.8 Å². The summed E-state index contributed by atoms with van der Waals surface area (Å²) in [5, 5.41) is 12.6. The average molecular weight is 599 g/mol. The van der Waals surface area contributed by atoms with Crippen LogP contribution >= 0.6 is 34.8 Å². The summed E-state index contributed by atoms with van der Waals surface area (Å²) < 4.78 is 4.94. The van der Waals surface area contributed by atoms with Crippen molar-refractivity contribution in [3.63, 3.8) is 0 Å². The Morgan fingerprint density at radius 1 is 0.794 bits per heavy atom. The number of aliphatic hydroxyl groups excluding tert-OH is 1. The quantitative estimate of drug-likeness (QED) is 0.325. The van der Waals surface area contributed by atoms with Gasteiger partial charge in [0.05, 0.1) is 0 Å². The van der Waals surface area contributed by atoms with Gasteiger partial charge in [0.25, 0.3) is 0 Å². The van der Waals surface area contributed by atoms with Crippen molar-refractivity contribution in [2.24, 2.45) is 0 Å². The van der Waals surface area contributed by atoms with Crippen molar-refractivity contribution in [1.82, 2.24) is 0 Å². The summed E-state index contributed by atoms with van der Waals surface area (Å²) in [7, 11) is 0. The van der Waals surface area contributed by atoms with Crippen molar-refractivity contribution >= 4 is 57.9 Å². The summed E-state index contributed by atoms with van der Waals surface area (Å²) in [6.45, 7) is 7.84. The number of rotatable bonds is 2. The third-order valence-corrected chi connectivity index (χ3v) is 5.49. The second kappa shape index (κ2) is 18.9. The first-order chi connectivity index (χ1) is 14.8. The molecule has 0 saturated carbocycles. The summed E-state index contributed by atoms with van der Waals surface area (Å²) in [6.07, 6.45) is 1.90. The van der Waals surface area contributed by atoms with Crippen LogP contribution in [0.25, 0.3) is 0 Å². The van der Waals surface area contributed by atoms with Crippen LogP contribution in [0, 0.1) is 26.8 Å². The number of ether oxygens (including phenoxy) is 1. The van der Waals surface area contributed by atoms with Crippen LogP contribution in [0.3, 0.4) is 0 Å². The molecular weight excluding hydrogens is 567 g/mol. The number of hydrogen-bond donors (Lipinski definition) is 1. The van der Waals surface area contributed by atoms with E-state index in [1.54, 1.807) is 12.1 Å². The van der Waals surface area contributed by atoms with Gasteiger partial charge in [0.1, 0.15) is 6.10 Å². The van der Waals surface area contributed by atoms with Gasteiger partial charge in [-0.3, -0.25) is 0 Å². The molecule has 1 heterocycles. The van der Waals surface area contributed by atoms with Gasteiger partial charge in [0.2, 0.25) is 0 Å². The molecule has 0 amide bonds. The summed E-state index contributed by atoms with van der Waals surface area (Å²) in [5.41, 5.74) is 4.76. The maximum atomic E-state index is 10.4. The molecule has 4 rings (SSSR count). The van der Waals surface area contributed by atoms with Crippen LogP contribution in [0.5, 0.6) is 0 Å². The Balaban J connectivity index is 0. The Bertz CT molecular complexity index is 905. The number of aryl methyl sites for hydroxylation is 3. The van der Waals surface area contributed by atoms with Gasteiger partial charge < -0.3 is 26.8 Å². The van der Waals surface area contributed by atoms with E-state index >= 15 is 0 Å². The van der Waals surface area contributed by atoms with E-state index < -0.39 is 6.10 Å². The van der Waals surface area contributed by atoms with E-state index in [1.807, 2.05) is 63.2 Å². The van der Waals surface area contributed by atoms with E-state index in [9.17, 15) is 5.11 Å². The fourth-order valence-electron chi connectivity index (χ4n) is 3.12. The van der Waals surface area contributed by atoms with Gasteiger partial charge in [-0.1, -0.05) is 54.7 Å². The summed E-state index contributed by atoms with van der Waals surface area (Å²) in [5.74, 6) is 0. The first kappa shape index (κ1) is 35.9. The van der Waals surface area contributed by atoms with Crippen molar-refractivity contribution in [2.75, 3.05) is 13.2 Å². The maximum Gasteiger partial charge on any atom is 2.00 e. The van der Waals surface area contributed by atoms with Gasteiger partial charge in [-0.05, 0) is 73.2 Å². The molecule has 7 heteroatoms. The first-order valence-electron chi connectivity index (χ1n) is 10.2. The Morgan fingerprint density at radius 2 is 1.24 bits per heavy atom. The fourth-order valence-corrected chi connectivity index (χ4v) is 3.80. The second-order valence-electron chi connectivity index (χ2n) is 7.41. The molecule has 0 bridgehead atoms. The van der Waals surface area contributed by atoms with E-state index in [0.717, 1.165) is 46.1 Å². The molecule has 1 aliphatic heterocycles. The minimum absolute atomic E-state index is 0. The molecule has 0 aromatic heterocycles. The van der Waals surface area contributed by atoms with Gasteiger partial charge in [-0.2, -0.15) is 23.8 Å². The molecule has 1 saturated heterocycles. The number of hydrogen-bond acceptors (Lipinski definition) is 2. The van der Waals surface area contributed by atoms with Crippen molar-refractivity contribution in [2.45, 2.75) is 47.1 Å². The molecule has 0 spiro atoms. The Morgan fingerprint density at radius 3 is 1.53 bits per heavy atom. The zero-order valence-electron chi connectivity index (χ0n) is 19.2. The third kappa shape index (κ3) is 12.6. The number of benzene rings is 3. The molecule has 3 aromatic carbocycles. The Kier molecular flexibility index (Phi) is 19.9. The third-order valence-electron chi connectivity index (χ3n) is 4.79. The predicted octanol–water partition coefficient (Wildman–Crippen LogP) is 5.20. The van der Waals surface area contributed by atoms with Gasteiger partial charge in [-0.15, -0.1) is 17.7 Å². The van der Waals surface area contributed by atoms with Crippen LogP contribution in [0.4, 0.5) is 0 Å². The summed E-state index contributed by atoms with van der Waals surface area (Å²) in [4.78, 5) is 0. The first-order valence-corrected chi connectivity index (χ1v) is 11.3. The molecule has 0 radical (unpaired) electrons. The minimum Gasteiger partial charge on any atom is -1.00 e. The molecule has 1 N–H and O–H groups in total. The van der Waals surface area contributed by atoms with Crippen molar-refractivity contribution in [1.29, 1.82) is 0 Å².